The van der Waals surface area contributed by atoms with Crippen molar-refractivity contribution in [3.05, 3.63) is 48.0 Å². The van der Waals surface area contributed by atoms with Crippen molar-refractivity contribution < 1.29 is 13.2 Å². The Kier molecular flexibility index (Phi) is 5.35. The summed E-state index contributed by atoms with van der Waals surface area (Å²) >= 11 is 1.75. The van der Waals surface area contributed by atoms with Crippen LogP contribution in [-0.4, -0.2) is 57.0 Å². The molecule has 1 N–H and O–H groups in total. The highest BCUT2D eigenvalue weighted by Crippen LogP contribution is 2.33. The molecule has 28 heavy (non-hydrogen) atoms. The van der Waals surface area contributed by atoms with Crippen LogP contribution in [0.1, 0.15) is 17.3 Å². The third-order valence-corrected chi connectivity index (χ3v) is 8.11. The largest absolute Gasteiger partial charge is 0.383 e. The normalized spacial score (nSPS) is 17.7. The molecule has 6 nitrogen and oxygen atoms in total. The number of carbonyl (C=O) groups is 1. The Morgan fingerprint density at radius 2 is 1.75 bits per heavy atom. The third kappa shape index (κ3) is 3.76. The van der Waals surface area contributed by atoms with Crippen molar-refractivity contribution in [1.82, 2.24) is 4.31 Å². The van der Waals surface area contributed by atoms with Crippen molar-refractivity contribution in [2.75, 3.05) is 48.7 Å². The molecule has 0 atom stereocenters. The second kappa shape index (κ2) is 7.77. The number of ketones is 1. The fourth-order valence-corrected chi connectivity index (χ4v) is 5.85. The topological polar surface area (TPSA) is 69.7 Å². The van der Waals surface area contributed by atoms with E-state index >= 15 is 0 Å². The summed E-state index contributed by atoms with van der Waals surface area (Å²) in [5.74, 6) is 1.04. The number of hydrogen-bond acceptors (Lipinski definition) is 6. The van der Waals surface area contributed by atoms with Crippen LogP contribution >= 0.6 is 11.8 Å². The zero-order valence-electron chi connectivity index (χ0n) is 15.7. The van der Waals surface area contributed by atoms with Crippen LogP contribution in [0.3, 0.4) is 0 Å². The molecule has 0 saturated carbocycles. The van der Waals surface area contributed by atoms with Gasteiger partial charge in [-0.25, -0.2) is 8.42 Å². The molecular weight excluding hydrogens is 394 g/mol. The number of carbonyl (C=O) groups excluding carboxylic acids is 1. The number of Topliss-reactive ketones (excluding diaryl/α,β-unsaturated/α-hetero) is 1. The van der Waals surface area contributed by atoms with Crippen molar-refractivity contribution in [2.24, 2.45) is 0 Å². The van der Waals surface area contributed by atoms with Crippen LogP contribution in [-0.2, 0) is 10.0 Å². The molecule has 0 spiro atoms. The lowest BCUT2D eigenvalue weighted by Crippen LogP contribution is -2.48. The summed E-state index contributed by atoms with van der Waals surface area (Å²) in [5, 5.41) is 3.28. The first-order chi connectivity index (χ1) is 13.4. The Labute approximate surface area is 170 Å². The van der Waals surface area contributed by atoms with Gasteiger partial charge in [-0.1, -0.05) is 0 Å². The molecule has 0 radical (unpaired) electrons. The highest BCUT2D eigenvalue weighted by molar-refractivity contribution is 7.99. The molecule has 148 valence electrons. The van der Waals surface area contributed by atoms with Gasteiger partial charge in [-0.05, 0) is 49.4 Å². The number of benzene rings is 2. The number of thioether (sulfide) groups is 1. The van der Waals surface area contributed by atoms with Crippen molar-refractivity contribution in [2.45, 2.75) is 16.7 Å². The number of rotatable bonds is 4. The quantitative estimate of drug-likeness (QED) is 0.772. The lowest BCUT2D eigenvalue weighted by Gasteiger charge is -2.35. The van der Waals surface area contributed by atoms with Gasteiger partial charge in [-0.15, -0.1) is 11.8 Å². The van der Waals surface area contributed by atoms with Crippen molar-refractivity contribution >= 4 is 38.9 Å². The number of hydrogen-bond donors (Lipinski definition) is 1. The number of piperazine rings is 1. The maximum absolute atomic E-state index is 13.1. The first-order valence-electron chi connectivity index (χ1n) is 9.32. The number of nitrogens with one attached hydrogen (secondary N) is 1. The Balaban J connectivity index is 1.46. The van der Waals surface area contributed by atoms with Gasteiger partial charge < -0.3 is 10.2 Å². The van der Waals surface area contributed by atoms with E-state index in [0.717, 1.165) is 28.6 Å². The van der Waals surface area contributed by atoms with Crippen LogP contribution in [0, 0.1) is 0 Å². The molecule has 0 aliphatic carbocycles. The van der Waals surface area contributed by atoms with Crippen molar-refractivity contribution in [1.29, 1.82) is 0 Å². The van der Waals surface area contributed by atoms with E-state index in [4.69, 9.17) is 0 Å². The summed E-state index contributed by atoms with van der Waals surface area (Å²) < 4.78 is 27.7. The van der Waals surface area contributed by atoms with E-state index in [-0.39, 0.29) is 5.78 Å². The van der Waals surface area contributed by atoms with E-state index < -0.39 is 10.0 Å². The van der Waals surface area contributed by atoms with Crippen LogP contribution < -0.4 is 10.2 Å². The summed E-state index contributed by atoms with van der Waals surface area (Å²) in [6, 6.07) is 12.8. The van der Waals surface area contributed by atoms with Gasteiger partial charge in [0.1, 0.15) is 0 Å². The summed E-state index contributed by atoms with van der Waals surface area (Å²) in [4.78, 5) is 15.0. The third-order valence-electron chi connectivity index (χ3n) is 5.14. The first kappa shape index (κ1) is 19.3. The molecule has 2 aliphatic heterocycles. The molecule has 4 rings (SSSR count). The summed E-state index contributed by atoms with van der Waals surface area (Å²) in [6.07, 6.45) is 0. The van der Waals surface area contributed by atoms with E-state index in [1.165, 1.54) is 0 Å². The Hall–Kier alpha value is -2.03. The molecule has 2 aromatic rings. The highest BCUT2D eigenvalue weighted by Gasteiger charge is 2.29. The average Bonchev–Trinajstić information content (AvgIpc) is 2.73. The van der Waals surface area contributed by atoms with E-state index in [0.29, 0.717) is 36.6 Å². The average molecular weight is 418 g/mol. The van der Waals surface area contributed by atoms with E-state index in [9.17, 15) is 13.2 Å². The Morgan fingerprint density at radius 3 is 2.43 bits per heavy atom. The molecule has 0 aromatic heterocycles. The fourth-order valence-electron chi connectivity index (χ4n) is 3.52. The standard InChI is InChI=1S/C20H23N3O3S2/c1-15(24)16-2-4-17(5-3-16)22-9-11-23(12-10-22)28(25,26)18-6-7-20-19(14-18)21-8-13-27-20/h2-7,14,21H,8-13H2,1H3. The van der Waals surface area contributed by atoms with Crippen LogP contribution in [0.25, 0.3) is 0 Å². The predicted molar refractivity (Wildman–Crippen MR) is 113 cm³/mol. The fraction of sp³-hybridized carbons (Fsp3) is 0.350. The Bertz CT molecular complexity index is 982. The van der Waals surface area contributed by atoms with Gasteiger partial charge in [-0.3, -0.25) is 4.79 Å². The van der Waals surface area contributed by atoms with Crippen molar-refractivity contribution in [3.8, 4) is 0 Å². The second-order valence-corrected chi connectivity index (χ2v) is 10.0. The molecule has 2 heterocycles. The summed E-state index contributed by atoms with van der Waals surface area (Å²) in [5.41, 5.74) is 2.60. The molecule has 1 fully saturated rings. The zero-order valence-corrected chi connectivity index (χ0v) is 17.4. The first-order valence-corrected chi connectivity index (χ1v) is 11.7. The zero-order chi connectivity index (χ0) is 19.7. The lowest BCUT2D eigenvalue weighted by molar-refractivity contribution is 0.101. The van der Waals surface area contributed by atoms with Gasteiger partial charge in [0.15, 0.2) is 5.78 Å². The van der Waals surface area contributed by atoms with Crippen LogP contribution in [0.2, 0.25) is 0 Å². The van der Waals surface area contributed by atoms with Gasteiger partial charge in [0.25, 0.3) is 0 Å². The van der Waals surface area contributed by atoms with E-state index in [2.05, 4.69) is 10.2 Å². The van der Waals surface area contributed by atoms with E-state index in [1.807, 2.05) is 30.3 Å². The molecular formula is C20H23N3O3S2. The second-order valence-electron chi connectivity index (χ2n) is 6.93. The van der Waals surface area contributed by atoms with Gasteiger partial charge in [-0.2, -0.15) is 4.31 Å². The lowest BCUT2D eigenvalue weighted by atomic mass is 10.1. The maximum Gasteiger partial charge on any atom is 0.243 e. The minimum atomic E-state index is -3.51. The molecule has 0 amide bonds. The monoisotopic (exact) mass is 417 g/mol. The minimum absolute atomic E-state index is 0.0420. The molecule has 0 unspecified atom stereocenters. The molecule has 8 heteroatoms. The number of anilines is 2. The van der Waals surface area contributed by atoms with E-state index in [1.54, 1.807) is 35.1 Å². The number of sulfonamides is 1. The van der Waals surface area contributed by atoms with Gasteiger partial charge in [0.2, 0.25) is 10.0 Å². The summed E-state index contributed by atoms with van der Waals surface area (Å²) in [7, 11) is -3.51. The molecule has 2 aromatic carbocycles. The highest BCUT2D eigenvalue weighted by atomic mass is 32.2. The predicted octanol–water partition coefficient (Wildman–Crippen LogP) is 2.92. The van der Waals surface area contributed by atoms with Gasteiger partial charge >= 0.3 is 0 Å². The Morgan fingerprint density at radius 1 is 1.04 bits per heavy atom. The SMILES string of the molecule is CC(=O)c1ccc(N2CCN(S(=O)(=O)c3ccc4c(c3)NCCS4)CC2)cc1. The maximum atomic E-state index is 13.1. The molecule has 2 aliphatic rings. The molecule has 0 bridgehead atoms. The van der Waals surface area contributed by atoms with Gasteiger partial charge in [0, 0.05) is 60.3 Å². The smallest absolute Gasteiger partial charge is 0.243 e. The van der Waals surface area contributed by atoms with Crippen molar-refractivity contribution in [3.63, 3.8) is 0 Å². The van der Waals surface area contributed by atoms with Gasteiger partial charge in [0.05, 0.1) is 4.90 Å². The number of nitrogens with zero attached hydrogens (tertiary/aromatic N) is 2. The molecule has 1 saturated heterocycles. The summed E-state index contributed by atoms with van der Waals surface area (Å²) in [6.45, 7) is 4.53. The minimum Gasteiger partial charge on any atom is -0.383 e. The number of fused-ring (bicyclic) bond motifs is 1. The van der Waals surface area contributed by atoms with Crippen LogP contribution in [0.15, 0.2) is 52.3 Å². The van der Waals surface area contributed by atoms with Crippen LogP contribution in [0.5, 0.6) is 0 Å². The van der Waals surface area contributed by atoms with Crippen LogP contribution in [0.4, 0.5) is 11.4 Å².